The Hall–Kier alpha value is -1.85. The van der Waals surface area contributed by atoms with Gasteiger partial charge in [-0.25, -0.2) is 14.5 Å². The molecule has 0 radical (unpaired) electrons. The second-order valence-corrected chi connectivity index (χ2v) is 4.49. The van der Waals surface area contributed by atoms with Gasteiger partial charge in [-0.2, -0.15) is 0 Å². The van der Waals surface area contributed by atoms with Crippen LogP contribution in [0.25, 0.3) is 17.0 Å². The van der Waals surface area contributed by atoms with E-state index in [1.54, 1.807) is 18.3 Å². The molecule has 3 aromatic rings. The lowest BCUT2D eigenvalue weighted by Crippen LogP contribution is -2.02. The first-order valence-corrected chi connectivity index (χ1v) is 6.36. The van der Waals surface area contributed by atoms with Gasteiger partial charge in [0.15, 0.2) is 10.9 Å². The Kier molecular flexibility index (Phi) is 3.23. The van der Waals surface area contributed by atoms with E-state index < -0.39 is 0 Å². The number of fused-ring (bicyclic) bond motifs is 1. The largest absolute Gasteiger partial charge is 0.428 e. The van der Waals surface area contributed by atoms with E-state index in [0.717, 1.165) is 17.0 Å². The van der Waals surface area contributed by atoms with Crippen molar-refractivity contribution in [1.82, 2.24) is 14.5 Å². The zero-order valence-electron chi connectivity index (χ0n) is 10.1. The topological polar surface area (TPSA) is 64.1 Å². The van der Waals surface area contributed by atoms with Gasteiger partial charge in [0.05, 0.1) is 0 Å². The summed E-state index contributed by atoms with van der Waals surface area (Å²) in [6, 6.07) is 7.19. The third kappa shape index (κ3) is 2.22. The fourth-order valence-electron chi connectivity index (χ4n) is 2.02. The molecule has 5 nitrogen and oxygen atoms in total. The summed E-state index contributed by atoms with van der Waals surface area (Å²) in [5, 5.41) is 9.29. The summed E-state index contributed by atoms with van der Waals surface area (Å²) in [6.45, 7) is 0.121. The van der Waals surface area contributed by atoms with E-state index in [4.69, 9.17) is 21.1 Å². The van der Waals surface area contributed by atoms with E-state index in [9.17, 15) is 0 Å². The van der Waals surface area contributed by atoms with E-state index >= 15 is 0 Å². The molecule has 6 heteroatoms. The predicted molar refractivity (Wildman–Crippen MR) is 71.5 cm³/mol. The van der Waals surface area contributed by atoms with Crippen LogP contribution < -0.4 is 0 Å². The lowest BCUT2D eigenvalue weighted by molar-refractivity contribution is 0.287. The van der Waals surface area contributed by atoms with Crippen molar-refractivity contribution in [2.45, 2.75) is 12.8 Å². The average molecular weight is 278 g/mol. The summed E-state index contributed by atoms with van der Waals surface area (Å²) in [4.78, 5) is 8.85. The molecule has 0 aliphatic heterocycles. The molecule has 19 heavy (non-hydrogen) atoms. The van der Waals surface area contributed by atoms with Crippen LogP contribution >= 0.6 is 11.6 Å². The van der Waals surface area contributed by atoms with Crippen molar-refractivity contribution >= 4 is 22.8 Å². The highest BCUT2D eigenvalue weighted by Crippen LogP contribution is 2.24. The number of aliphatic hydroxyl groups excluding tert-OH is 1. The second-order valence-electron chi connectivity index (χ2n) is 4.11. The minimum absolute atomic E-state index is 0.121. The van der Waals surface area contributed by atoms with Crippen LogP contribution in [0.15, 0.2) is 34.9 Å². The highest BCUT2D eigenvalue weighted by atomic mass is 35.5. The maximum absolute atomic E-state index is 8.97. The van der Waals surface area contributed by atoms with E-state index in [2.05, 4.69) is 9.97 Å². The van der Waals surface area contributed by atoms with Gasteiger partial charge < -0.3 is 9.52 Å². The number of rotatable bonds is 4. The van der Waals surface area contributed by atoms with Crippen LogP contribution in [-0.4, -0.2) is 26.2 Å². The minimum atomic E-state index is 0.121. The summed E-state index contributed by atoms with van der Waals surface area (Å²) in [5.41, 5.74) is 1.52. The fraction of sp³-hybridized carbons (Fsp3) is 0.231. The Balaban J connectivity index is 2.18. The normalized spacial score (nSPS) is 11.3. The number of aromatic nitrogens is 3. The number of aliphatic hydroxyl groups is 1. The van der Waals surface area contributed by atoms with E-state index in [-0.39, 0.29) is 6.61 Å². The Morgan fingerprint density at radius 2 is 2.21 bits per heavy atom. The molecule has 3 aromatic heterocycles. The molecule has 98 valence electrons. The van der Waals surface area contributed by atoms with Gasteiger partial charge in [-0.3, -0.25) is 0 Å². The van der Waals surface area contributed by atoms with Crippen molar-refractivity contribution in [2.24, 2.45) is 0 Å². The van der Waals surface area contributed by atoms with Gasteiger partial charge in [0, 0.05) is 25.3 Å². The average Bonchev–Trinajstić information content (AvgIpc) is 2.99. The molecule has 0 fully saturated rings. The summed E-state index contributed by atoms with van der Waals surface area (Å²) >= 11 is 5.82. The molecule has 0 aliphatic carbocycles. The number of aryl methyl sites for hydroxylation is 1. The second kappa shape index (κ2) is 5.03. The van der Waals surface area contributed by atoms with Crippen molar-refractivity contribution in [1.29, 1.82) is 0 Å². The van der Waals surface area contributed by atoms with Crippen molar-refractivity contribution in [3.05, 3.63) is 41.5 Å². The third-order valence-corrected chi connectivity index (χ3v) is 3.03. The molecule has 0 amide bonds. The fourth-order valence-corrected chi connectivity index (χ4v) is 2.16. The van der Waals surface area contributed by atoms with Crippen molar-refractivity contribution in [3.63, 3.8) is 0 Å². The number of hydrogen-bond acceptors (Lipinski definition) is 4. The predicted octanol–water partition coefficient (Wildman–Crippen LogP) is 2.59. The molecule has 0 bridgehead atoms. The SMILES string of the molecule is OCCCc1nc2cccnc2n1-c1ccc(Cl)o1. The first kappa shape index (κ1) is 12.2. The molecule has 0 aliphatic rings. The number of imidazole rings is 1. The van der Waals surface area contributed by atoms with Gasteiger partial charge in [0.2, 0.25) is 5.88 Å². The standard InChI is InChI=1S/C13H12ClN3O2/c14-10-5-6-12(19-10)17-11(4-2-8-18)16-9-3-1-7-15-13(9)17/h1,3,5-7,18H,2,4,8H2. The molecule has 0 spiro atoms. The van der Waals surface area contributed by atoms with Crippen LogP contribution in [0.4, 0.5) is 0 Å². The number of hydrogen-bond donors (Lipinski definition) is 1. The molecule has 0 saturated carbocycles. The summed E-state index contributed by atoms with van der Waals surface area (Å²) < 4.78 is 7.27. The van der Waals surface area contributed by atoms with E-state index in [1.165, 1.54) is 0 Å². The number of halogens is 1. The van der Waals surface area contributed by atoms with Gasteiger partial charge in [-0.15, -0.1) is 0 Å². The maximum atomic E-state index is 8.97. The summed E-state index contributed by atoms with van der Waals surface area (Å²) in [7, 11) is 0. The number of pyridine rings is 1. The van der Waals surface area contributed by atoms with Crippen molar-refractivity contribution < 1.29 is 9.52 Å². The van der Waals surface area contributed by atoms with Crippen molar-refractivity contribution in [2.75, 3.05) is 6.61 Å². The Morgan fingerprint density at radius 1 is 1.32 bits per heavy atom. The van der Waals surface area contributed by atoms with Crippen LogP contribution in [-0.2, 0) is 6.42 Å². The molecule has 0 saturated heterocycles. The third-order valence-electron chi connectivity index (χ3n) is 2.82. The van der Waals surface area contributed by atoms with Crippen LogP contribution in [0.1, 0.15) is 12.2 Å². The molecule has 3 heterocycles. The van der Waals surface area contributed by atoms with E-state index in [1.807, 2.05) is 16.7 Å². The maximum Gasteiger partial charge on any atom is 0.208 e. The van der Waals surface area contributed by atoms with Gasteiger partial charge >= 0.3 is 0 Å². The highest BCUT2D eigenvalue weighted by Gasteiger charge is 2.15. The molecular formula is C13H12ClN3O2. The van der Waals surface area contributed by atoms with Crippen LogP contribution in [0, 0.1) is 0 Å². The molecule has 0 aromatic carbocycles. The quantitative estimate of drug-likeness (QED) is 0.796. The first-order valence-electron chi connectivity index (χ1n) is 5.98. The van der Waals surface area contributed by atoms with Gasteiger partial charge in [0.1, 0.15) is 11.3 Å². The van der Waals surface area contributed by atoms with Crippen LogP contribution in [0.3, 0.4) is 0 Å². The van der Waals surface area contributed by atoms with Gasteiger partial charge in [-0.05, 0) is 36.2 Å². The minimum Gasteiger partial charge on any atom is -0.428 e. The van der Waals surface area contributed by atoms with Crippen molar-refractivity contribution in [3.8, 4) is 5.88 Å². The number of furan rings is 1. The highest BCUT2D eigenvalue weighted by molar-refractivity contribution is 6.28. The molecule has 1 N–H and O–H groups in total. The number of nitrogens with zero attached hydrogens (tertiary/aromatic N) is 3. The van der Waals surface area contributed by atoms with Crippen LogP contribution in [0.2, 0.25) is 5.22 Å². The zero-order valence-corrected chi connectivity index (χ0v) is 10.8. The summed E-state index contributed by atoms with van der Waals surface area (Å²) in [6.07, 6.45) is 2.99. The van der Waals surface area contributed by atoms with Gasteiger partial charge in [-0.1, -0.05) is 0 Å². The Morgan fingerprint density at radius 3 is 2.95 bits per heavy atom. The smallest absolute Gasteiger partial charge is 0.208 e. The molecular weight excluding hydrogens is 266 g/mol. The Bertz CT molecular complexity index is 705. The first-order chi connectivity index (χ1) is 9.29. The lowest BCUT2D eigenvalue weighted by Gasteiger charge is -2.04. The van der Waals surface area contributed by atoms with Crippen LogP contribution in [0.5, 0.6) is 0 Å². The summed E-state index contributed by atoms with van der Waals surface area (Å²) in [5.74, 6) is 1.38. The van der Waals surface area contributed by atoms with Gasteiger partial charge in [0.25, 0.3) is 0 Å². The molecule has 0 unspecified atom stereocenters. The molecule has 0 atom stereocenters. The zero-order chi connectivity index (χ0) is 13.2. The molecule has 3 rings (SSSR count). The monoisotopic (exact) mass is 277 g/mol. The lowest BCUT2D eigenvalue weighted by atomic mass is 10.3. The van der Waals surface area contributed by atoms with E-state index in [0.29, 0.717) is 23.9 Å². The Labute approximate surface area is 114 Å².